The van der Waals surface area contributed by atoms with Gasteiger partial charge in [-0.1, -0.05) is 32.6 Å². The van der Waals surface area contributed by atoms with Crippen molar-refractivity contribution in [2.24, 2.45) is 0 Å². The van der Waals surface area contributed by atoms with Crippen LogP contribution in [0.4, 0.5) is 0 Å². The fourth-order valence-corrected chi connectivity index (χ4v) is 1.76. The molecule has 0 aromatic carbocycles. The van der Waals surface area contributed by atoms with Crippen molar-refractivity contribution in [1.82, 2.24) is 15.1 Å². The standard InChI is InChI=1S/C13H25N3/c1-3-5-6-7-8-9-14-10-13-11-15-16(4-2)12-13/h11-12,14H,3-10H2,1-2H3. The molecular weight excluding hydrogens is 198 g/mol. The minimum absolute atomic E-state index is 0.952. The zero-order valence-electron chi connectivity index (χ0n) is 10.7. The first-order chi connectivity index (χ1) is 7.86. The third-order valence-corrected chi connectivity index (χ3v) is 2.80. The average Bonchev–Trinajstić information content (AvgIpc) is 2.76. The first-order valence-corrected chi connectivity index (χ1v) is 6.58. The molecule has 0 spiro atoms. The van der Waals surface area contributed by atoms with E-state index in [0.717, 1.165) is 19.6 Å². The van der Waals surface area contributed by atoms with E-state index in [-0.39, 0.29) is 0 Å². The highest BCUT2D eigenvalue weighted by Gasteiger charge is 1.96. The Bertz CT molecular complexity index is 268. The Morgan fingerprint density at radius 3 is 2.69 bits per heavy atom. The molecule has 16 heavy (non-hydrogen) atoms. The zero-order valence-corrected chi connectivity index (χ0v) is 10.7. The van der Waals surface area contributed by atoms with Crippen molar-refractivity contribution in [3.8, 4) is 0 Å². The van der Waals surface area contributed by atoms with Crippen molar-refractivity contribution in [3.63, 3.8) is 0 Å². The third kappa shape index (κ3) is 5.31. The van der Waals surface area contributed by atoms with Crippen LogP contribution in [0.25, 0.3) is 0 Å². The largest absolute Gasteiger partial charge is 0.313 e. The summed E-state index contributed by atoms with van der Waals surface area (Å²) in [6.07, 6.45) is 10.8. The van der Waals surface area contributed by atoms with Crippen LogP contribution in [0, 0.1) is 0 Å². The molecule has 0 aliphatic carbocycles. The number of aromatic nitrogens is 2. The Labute approximate surface area is 99.2 Å². The molecule has 0 fully saturated rings. The highest BCUT2D eigenvalue weighted by molar-refractivity contribution is 5.02. The molecule has 0 radical (unpaired) electrons. The van der Waals surface area contributed by atoms with Crippen molar-refractivity contribution in [2.75, 3.05) is 6.54 Å². The summed E-state index contributed by atoms with van der Waals surface area (Å²) >= 11 is 0. The molecule has 1 aromatic rings. The van der Waals surface area contributed by atoms with E-state index >= 15 is 0 Å². The van der Waals surface area contributed by atoms with E-state index in [1.165, 1.54) is 37.7 Å². The quantitative estimate of drug-likeness (QED) is 0.652. The summed E-state index contributed by atoms with van der Waals surface area (Å²) in [4.78, 5) is 0. The van der Waals surface area contributed by atoms with Crippen molar-refractivity contribution < 1.29 is 0 Å². The fourth-order valence-electron chi connectivity index (χ4n) is 1.76. The number of nitrogens with zero attached hydrogens (tertiary/aromatic N) is 2. The van der Waals surface area contributed by atoms with Crippen LogP contribution in [0.5, 0.6) is 0 Å². The summed E-state index contributed by atoms with van der Waals surface area (Å²) in [5.41, 5.74) is 1.29. The lowest BCUT2D eigenvalue weighted by Gasteiger charge is -2.02. The van der Waals surface area contributed by atoms with Crippen molar-refractivity contribution in [2.45, 2.75) is 59.0 Å². The highest BCUT2D eigenvalue weighted by Crippen LogP contribution is 2.02. The zero-order chi connectivity index (χ0) is 11.6. The van der Waals surface area contributed by atoms with Crippen LogP contribution in [0.15, 0.2) is 12.4 Å². The van der Waals surface area contributed by atoms with Gasteiger partial charge in [-0.2, -0.15) is 5.10 Å². The number of nitrogens with one attached hydrogen (secondary N) is 1. The van der Waals surface area contributed by atoms with Crippen molar-refractivity contribution >= 4 is 0 Å². The molecule has 0 unspecified atom stereocenters. The maximum atomic E-state index is 4.25. The van der Waals surface area contributed by atoms with E-state index in [2.05, 4.69) is 30.5 Å². The summed E-state index contributed by atoms with van der Waals surface area (Å²) in [6.45, 7) is 7.40. The molecule has 0 amide bonds. The van der Waals surface area contributed by atoms with Crippen LogP contribution in [-0.2, 0) is 13.1 Å². The Morgan fingerprint density at radius 1 is 1.19 bits per heavy atom. The van der Waals surface area contributed by atoms with Gasteiger partial charge in [0.1, 0.15) is 0 Å². The van der Waals surface area contributed by atoms with Gasteiger partial charge in [-0.05, 0) is 19.9 Å². The maximum Gasteiger partial charge on any atom is 0.0534 e. The van der Waals surface area contributed by atoms with Gasteiger partial charge in [0.15, 0.2) is 0 Å². The Hall–Kier alpha value is -0.830. The summed E-state index contributed by atoms with van der Waals surface area (Å²) in [5.74, 6) is 0. The molecule has 0 saturated heterocycles. The van der Waals surface area contributed by atoms with Gasteiger partial charge < -0.3 is 5.32 Å². The van der Waals surface area contributed by atoms with Gasteiger partial charge in [0.25, 0.3) is 0 Å². The molecule has 0 aliphatic rings. The SMILES string of the molecule is CCCCCCCNCc1cnn(CC)c1. The third-order valence-electron chi connectivity index (χ3n) is 2.80. The number of unbranched alkanes of at least 4 members (excludes halogenated alkanes) is 4. The lowest BCUT2D eigenvalue weighted by molar-refractivity contribution is 0.583. The second kappa shape index (κ2) is 8.34. The van der Waals surface area contributed by atoms with Gasteiger partial charge in [0.05, 0.1) is 6.20 Å². The molecule has 1 N–H and O–H groups in total. The van der Waals surface area contributed by atoms with Crippen LogP contribution < -0.4 is 5.32 Å². The van der Waals surface area contributed by atoms with E-state index in [0.29, 0.717) is 0 Å². The van der Waals surface area contributed by atoms with Gasteiger partial charge in [-0.15, -0.1) is 0 Å². The average molecular weight is 223 g/mol. The normalized spacial score (nSPS) is 10.9. The summed E-state index contributed by atoms with van der Waals surface area (Å²) < 4.78 is 1.97. The lowest BCUT2D eigenvalue weighted by atomic mass is 10.1. The van der Waals surface area contributed by atoms with E-state index in [1.807, 2.05) is 10.9 Å². The second-order valence-electron chi connectivity index (χ2n) is 4.30. The predicted octanol–water partition coefficient (Wildman–Crippen LogP) is 2.96. The topological polar surface area (TPSA) is 29.9 Å². The van der Waals surface area contributed by atoms with E-state index in [4.69, 9.17) is 0 Å². The molecule has 0 saturated carbocycles. The molecule has 1 rings (SSSR count). The van der Waals surface area contributed by atoms with Crippen molar-refractivity contribution in [1.29, 1.82) is 0 Å². The maximum absolute atomic E-state index is 4.25. The Morgan fingerprint density at radius 2 is 2.00 bits per heavy atom. The minimum Gasteiger partial charge on any atom is -0.313 e. The van der Waals surface area contributed by atoms with Gasteiger partial charge in [-0.25, -0.2) is 0 Å². The molecule has 1 aromatic heterocycles. The van der Waals surface area contributed by atoms with Gasteiger partial charge in [0, 0.05) is 24.8 Å². The molecule has 1 heterocycles. The van der Waals surface area contributed by atoms with Crippen LogP contribution in [-0.4, -0.2) is 16.3 Å². The first kappa shape index (κ1) is 13.2. The lowest BCUT2D eigenvalue weighted by Crippen LogP contribution is -2.14. The molecule has 92 valence electrons. The van der Waals surface area contributed by atoms with Crippen LogP contribution in [0.3, 0.4) is 0 Å². The summed E-state index contributed by atoms with van der Waals surface area (Å²) in [7, 11) is 0. The molecule has 0 aliphatic heterocycles. The molecule has 0 bridgehead atoms. The minimum atomic E-state index is 0.952. The fraction of sp³-hybridized carbons (Fsp3) is 0.769. The van der Waals surface area contributed by atoms with E-state index in [9.17, 15) is 0 Å². The molecule has 3 heteroatoms. The Balaban J connectivity index is 1.98. The number of hydrogen-bond donors (Lipinski definition) is 1. The van der Waals surface area contributed by atoms with Crippen molar-refractivity contribution in [3.05, 3.63) is 18.0 Å². The van der Waals surface area contributed by atoms with Gasteiger partial charge >= 0.3 is 0 Å². The monoisotopic (exact) mass is 223 g/mol. The van der Waals surface area contributed by atoms with Crippen LogP contribution in [0.2, 0.25) is 0 Å². The number of hydrogen-bond acceptors (Lipinski definition) is 2. The molecule has 3 nitrogen and oxygen atoms in total. The van der Waals surface area contributed by atoms with Crippen LogP contribution in [0.1, 0.15) is 51.5 Å². The molecule has 0 atom stereocenters. The van der Waals surface area contributed by atoms with E-state index < -0.39 is 0 Å². The number of aryl methyl sites for hydroxylation is 1. The van der Waals surface area contributed by atoms with Gasteiger partial charge in [-0.3, -0.25) is 4.68 Å². The predicted molar refractivity (Wildman–Crippen MR) is 68.4 cm³/mol. The molecular formula is C13H25N3. The highest BCUT2D eigenvalue weighted by atomic mass is 15.3. The smallest absolute Gasteiger partial charge is 0.0534 e. The summed E-state index contributed by atoms with van der Waals surface area (Å²) in [5, 5.41) is 7.71. The van der Waals surface area contributed by atoms with E-state index in [1.54, 1.807) is 0 Å². The first-order valence-electron chi connectivity index (χ1n) is 6.58. The van der Waals surface area contributed by atoms with Crippen LogP contribution >= 0.6 is 0 Å². The number of rotatable bonds is 9. The Kier molecular flexibility index (Phi) is 6.90. The summed E-state index contributed by atoms with van der Waals surface area (Å²) in [6, 6.07) is 0. The second-order valence-corrected chi connectivity index (χ2v) is 4.30. The van der Waals surface area contributed by atoms with Gasteiger partial charge in [0.2, 0.25) is 0 Å².